The Labute approximate surface area is 120 Å². The van der Waals surface area contributed by atoms with E-state index in [1.54, 1.807) is 0 Å². The molecule has 1 amide bonds. The molecule has 20 heavy (non-hydrogen) atoms. The number of amides is 1. The lowest BCUT2D eigenvalue weighted by Crippen LogP contribution is -2.21. The Bertz CT molecular complexity index is 545. The van der Waals surface area contributed by atoms with Crippen LogP contribution in [0.15, 0.2) is 54.6 Å². The van der Waals surface area contributed by atoms with Gasteiger partial charge in [-0.05, 0) is 31.0 Å². The van der Waals surface area contributed by atoms with Gasteiger partial charge >= 0.3 is 0 Å². The van der Waals surface area contributed by atoms with Crippen molar-refractivity contribution >= 4 is 11.6 Å². The molecule has 1 N–H and O–H groups in total. The third-order valence-electron chi connectivity index (χ3n) is 3.41. The van der Waals surface area contributed by atoms with Crippen molar-refractivity contribution in [1.29, 1.82) is 0 Å². The molecule has 0 fully saturated rings. The van der Waals surface area contributed by atoms with E-state index in [1.165, 1.54) is 5.56 Å². The SMILES string of the molecule is CCCC(C(=O)Nc1ccc(C)cc1)c1ccccc1. The molecule has 2 aromatic carbocycles. The molecule has 2 heteroatoms. The number of carbonyl (C=O) groups is 1. The van der Waals surface area contributed by atoms with Gasteiger partial charge in [0.25, 0.3) is 0 Å². The van der Waals surface area contributed by atoms with Gasteiger partial charge in [0, 0.05) is 5.69 Å². The highest BCUT2D eigenvalue weighted by atomic mass is 16.1. The summed E-state index contributed by atoms with van der Waals surface area (Å²) in [6.45, 7) is 4.14. The average Bonchev–Trinajstić information content (AvgIpc) is 2.48. The van der Waals surface area contributed by atoms with E-state index in [-0.39, 0.29) is 11.8 Å². The summed E-state index contributed by atoms with van der Waals surface area (Å²) in [5.41, 5.74) is 3.13. The lowest BCUT2D eigenvalue weighted by Gasteiger charge is -2.16. The largest absolute Gasteiger partial charge is 0.326 e. The molecule has 0 bridgehead atoms. The molecule has 0 aliphatic heterocycles. The van der Waals surface area contributed by atoms with E-state index in [0.29, 0.717) is 0 Å². The number of carbonyl (C=O) groups excluding carboxylic acids is 1. The highest BCUT2D eigenvalue weighted by molar-refractivity contribution is 5.95. The van der Waals surface area contributed by atoms with E-state index < -0.39 is 0 Å². The monoisotopic (exact) mass is 267 g/mol. The van der Waals surface area contributed by atoms with Crippen LogP contribution in [0.4, 0.5) is 5.69 Å². The second-order valence-corrected chi connectivity index (χ2v) is 5.11. The van der Waals surface area contributed by atoms with Crippen LogP contribution in [0.2, 0.25) is 0 Å². The molecule has 1 unspecified atom stereocenters. The Balaban J connectivity index is 2.13. The summed E-state index contributed by atoms with van der Waals surface area (Å²) in [6, 6.07) is 17.9. The van der Waals surface area contributed by atoms with Gasteiger partial charge < -0.3 is 5.32 Å². The minimum Gasteiger partial charge on any atom is -0.326 e. The molecule has 104 valence electrons. The summed E-state index contributed by atoms with van der Waals surface area (Å²) in [6.07, 6.45) is 1.85. The summed E-state index contributed by atoms with van der Waals surface area (Å²) >= 11 is 0. The van der Waals surface area contributed by atoms with Crippen LogP contribution in [0.3, 0.4) is 0 Å². The zero-order chi connectivity index (χ0) is 14.4. The Hall–Kier alpha value is -2.09. The second-order valence-electron chi connectivity index (χ2n) is 5.11. The Morgan fingerprint density at radius 3 is 2.30 bits per heavy atom. The standard InChI is InChI=1S/C18H21NO/c1-3-7-17(15-8-5-4-6-9-15)18(20)19-16-12-10-14(2)11-13-16/h4-6,8-13,17H,3,7H2,1-2H3,(H,19,20). The first kappa shape index (κ1) is 14.3. The van der Waals surface area contributed by atoms with Crippen LogP contribution in [0.25, 0.3) is 0 Å². The topological polar surface area (TPSA) is 29.1 Å². The molecule has 0 radical (unpaired) electrons. The molecule has 2 aromatic rings. The van der Waals surface area contributed by atoms with Crippen LogP contribution >= 0.6 is 0 Å². The van der Waals surface area contributed by atoms with Gasteiger partial charge in [-0.1, -0.05) is 61.4 Å². The van der Waals surface area contributed by atoms with E-state index in [9.17, 15) is 4.79 Å². The minimum absolute atomic E-state index is 0.0712. The van der Waals surface area contributed by atoms with Gasteiger partial charge in [0.15, 0.2) is 0 Å². The summed E-state index contributed by atoms with van der Waals surface area (Å²) in [7, 11) is 0. The number of hydrogen-bond acceptors (Lipinski definition) is 1. The maximum Gasteiger partial charge on any atom is 0.231 e. The third-order valence-corrected chi connectivity index (χ3v) is 3.41. The van der Waals surface area contributed by atoms with Crippen LogP contribution < -0.4 is 5.32 Å². The summed E-state index contributed by atoms with van der Waals surface area (Å²) in [5, 5.41) is 3.01. The molecule has 0 saturated carbocycles. The van der Waals surface area contributed by atoms with Crippen molar-refractivity contribution < 1.29 is 4.79 Å². The number of nitrogens with one attached hydrogen (secondary N) is 1. The number of aryl methyl sites for hydroxylation is 1. The number of anilines is 1. The quantitative estimate of drug-likeness (QED) is 0.848. The van der Waals surface area contributed by atoms with Gasteiger partial charge in [0.1, 0.15) is 0 Å². The zero-order valence-corrected chi connectivity index (χ0v) is 12.1. The fourth-order valence-electron chi connectivity index (χ4n) is 2.29. The van der Waals surface area contributed by atoms with E-state index in [0.717, 1.165) is 24.1 Å². The lowest BCUT2D eigenvalue weighted by atomic mass is 9.93. The summed E-state index contributed by atoms with van der Waals surface area (Å²) in [5.74, 6) is -0.00981. The number of hydrogen-bond donors (Lipinski definition) is 1. The first-order valence-corrected chi connectivity index (χ1v) is 7.13. The third kappa shape index (κ3) is 3.70. The minimum atomic E-state index is -0.0810. The number of rotatable bonds is 5. The van der Waals surface area contributed by atoms with Gasteiger partial charge in [0.2, 0.25) is 5.91 Å². The number of benzene rings is 2. The zero-order valence-electron chi connectivity index (χ0n) is 12.1. The van der Waals surface area contributed by atoms with Crippen molar-refractivity contribution in [3.63, 3.8) is 0 Å². The molecule has 1 atom stereocenters. The molecule has 0 aromatic heterocycles. The van der Waals surface area contributed by atoms with E-state index in [4.69, 9.17) is 0 Å². The van der Waals surface area contributed by atoms with Gasteiger partial charge in [-0.25, -0.2) is 0 Å². The van der Waals surface area contributed by atoms with Crippen molar-refractivity contribution in [3.8, 4) is 0 Å². The van der Waals surface area contributed by atoms with Crippen LogP contribution in [0.5, 0.6) is 0 Å². The normalized spacial score (nSPS) is 11.9. The van der Waals surface area contributed by atoms with Gasteiger partial charge in [-0.2, -0.15) is 0 Å². The highest BCUT2D eigenvalue weighted by Gasteiger charge is 2.19. The molecule has 2 nitrogen and oxygen atoms in total. The molecule has 0 aliphatic rings. The molecular weight excluding hydrogens is 246 g/mol. The van der Waals surface area contributed by atoms with Crippen LogP contribution in [0.1, 0.15) is 36.8 Å². The molecule has 0 spiro atoms. The van der Waals surface area contributed by atoms with E-state index in [1.807, 2.05) is 61.5 Å². The van der Waals surface area contributed by atoms with Crippen molar-refractivity contribution in [2.45, 2.75) is 32.6 Å². The Morgan fingerprint density at radius 1 is 1.05 bits per heavy atom. The van der Waals surface area contributed by atoms with Crippen molar-refractivity contribution in [3.05, 3.63) is 65.7 Å². The van der Waals surface area contributed by atoms with Crippen LogP contribution in [-0.4, -0.2) is 5.91 Å². The average molecular weight is 267 g/mol. The fraction of sp³-hybridized carbons (Fsp3) is 0.278. The Morgan fingerprint density at radius 2 is 1.70 bits per heavy atom. The second kappa shape index (κ2) is 6.90. The van der Waals surface area contributed by atoms with Crippen molar-refractivity contribution in [2.75, 3.05) is 5.32 Å². The van der Waals surface area contributed by atoms with Gasteiger partial charge in [0.05, 0.1) is 5.92 Å². The Kier molecular flexibility index (Phi) is 4.94. The lowest BCUT2D eigenvalue weighted by molar-refractivity contribution is -0.117. The fourth-order valence-corrected chi connectivity index (χ4v) is 2.29. The maximum atomic E-state index is 12.5. The predicted molar refractivity (Wildman–Crippen MR) is 83.9 cm³/mol. The highest BCUT2D eigenvalue weighted by Crippen LogP contribution is 2.23. The first-order chi connectivity index (χ1) is 9.70. The van der Waals surface area contributed by atoms with E-state index >= 15 is 0 Å². The van der Waals surface area contributed by atoms with E-state index in [2.05, 4.69) is 12.2 Å². The summed E-state index contributed by atoms with van der Waals surface area (Å²) < 4.78 is 0. The first-order valence-electron chi connectivity index (χ1n) is 7.13. The van der Waals surface area contributed by atoms with Crippen LogP contribution in [-0.2, 0) is 4.79 Å². The van der Waals surface area contributed by atoms with Crippen molar-refractivity contribution in [2.24, 2.45) is 0 Å². The predicted octanol–water partition coefficient (Wildman–Crippen LogP) is 4.52. The smallest absolute Gasteiger partial charge is 0.231 e. The maximum absolute atomic E-state index is 12.5. The van der Waals surface area contributed by atoms with Gasteiger partial charge in [-0.3, -0.25) is 4.79 Å². The molecule has 0 aliphatic carbocycles. The summed E-state index contributed by atoms with van der Waals surface area (Å²) in [4.78, 5) is 12.5. The molecule has 0 heterocycles. The van der Waals surface area contributed by atoms with Crippen LogP contribution in [0, 0.1) is 6.92 Å². The molecular formula is C18H21NO. The van der Waals surface area contributed by atoms with Crippen molar-refractivity contribution in [1.82, 2.24) is 0 Å². The van der Waals surface area contributed by atoms with Gasteiger partial charge in [-0.15, -0.1) is 0 Å². The molecule has 2 rings (SSSR count). The molecule has 0 saturated heterocycles.